The van der Waals surface area contributed by atoms with Crippen LogP contribution in [0.4, 0.5) is 5.69 Å². The highest BCUT2D eigenvalue weighted by molar-refractivity contribution is 5.47. The average molecular weight is 218 g/mol. The Labute approximate surface area is 92.0 Å². The predicted molar refractivity (Wildman–Crippen MR) is 56.4 cm³/mol. The van der Waals surface area contributed by atoms with Crippen molar-refractivity contribution < 1.29 is 10.2 Å². The van der Waals surface area contributed by atoms with Gasteiger partial charge in [0, 0.05) is 10.6 Å². The summed E-state index contributed by atoms with van der Waals surface area (Å²) in [6.45, 7) is 0. The van der Waals surface area contributed by atoms with E-state index in [2.05, 4.69) is 10.0 Å². The third-order valence-electron chi connectivity index (χ3n) is 2.07. The molecule has 16 heavy (non-hydrogen) atoms. The van der Waals surface area contributed by atoms with Crippen LogP contribution in [0.2, 0.25) is 0 Å². The molecular weight excluding hydrogens is 208 g/mol. The van der Waals surface area contributed by atoms with Crippen LogP contribution in [0.25, 0.3) is 10.4 Å². The van der Waals surface area contributed by atoms with Gasteiger partial charge in [-0.25, -0.2) is 0 Å². The summed E-state index contributed by atoms with van der Waals surface area (Å²) in [5.41, 5.74) is 8.88. The monoisotopic (exact) mass is 218 g/mol. The summed E-state index contributed by atoms with van der Waals surface area (Å²) in [7, 11) is 0. The van der Waals surface area contributed by atoms with Gasteiger partial charge in [0.1, 0.15) is 6.10 Å². The van der Waals surface area contributed by atoms with Crippen molar-refractivity contribution in [3.63, 3.8) is 0 Å². The molecule has 6 nitrogen and oxygen atoms in total. The summed E-state index contributed by atoms with van der Waals surface area (Å²) in [6.07, 6.45) is -2.62. The topological polar surface area (TPSA) is 113 Å². The fourth-order valence-corrected chi connectivity index (χ4v) is 1.29. The molecule has 0 heterocycles. The second kappa shape index (κ2) is 5.73. The van der Waals surface area contributed by atoms with E-state index >= 15 is 0 Å². The van der Waals surface area contributed by atoms with E-state index in [1.54, 1.807) is 18.2 Å². The lowest BCUT2D eigenvalue weighted by Crippen LogP contribution is -2.17. The summed E-state index contributed by atoms with van der Waals surface area (Å²) in [5, 5.41) is 31.0. The number of nitriles is 1. The number of hydrogen-bond acceptors (Lipinski definition) is 4. The molecule has 0 fully saturated rings. The zero-order valence-electron chi connectivity index (χ0n) is 8.35. The maximum Gasteiger partial charge on any atom is 0.106 e. The van der Waals surface area contributed by atoms with Crippen LogP contribution in [0.3, 0.4) is 0 Å². The van der Waals surface area contributed by atoms with Gasteiger partial charge in [-0.05, 0) is 11.1 Å². The van der Waals surface area contributed by atoms with Gasteiger partial charge in [-0.2, -0.15) is 5.26 Å². The van der Waals surface area contributed by atoms with Gasteiger partial charge in [0.25, 0.3) is 0 Å². The smallest absolute Gasteiger partial charge is 0.106 e. The van der Waals surface area contributed by atoms with Crippen molar-refractivity contribution in [1.82, 2.24) is 0 Å². The molecule has 1 aromatic carbocycles. The number of aliphatic hydroxyl groups excluding tert-OH is 2. The number of benzene rings is 1. The first-order valence-corrected chi connectivity index (χ1v) is 4.57. The molecule has 0 saturated heterocycles. The second-order valence-electron chi connectivity index (χ2n) is 3.12. The molecule has 0 bridgehead atoms. The third-order valence-corrected chi connectivity index (χ3v) is 2.07. The van der Waals surface area contributed by atoms with Crippen molar-refractivity contribution >= 4 is 5.69 Å². The first-order chi connectivity index (χ1) is 7.70. The van der Waals surface area contributed by atoms with E-state index in [0.29, 0.717) is 5.56 Å². The summed E-state index contributed by atoms with van der Waals surface area (Å²) in [4.78, 5) is 2.62. The molecule has 0 aliphatic heterocycles. The van der Waals surface area contributed by atoms with E-state index in [-0.39, 0.29) is 12.1 Å². The van der Waals surface area contributed by atoms with Gasteiger partial charge in [0.15, 0.2) is 0 Å². The Morgan fingerprint density at radius 2 is 2.12 bits per heavy atom. The predicted octanol–water partition coefficient (Wildman–Crippen LogP) is 1.94. The first kappa shape index (κ1) is 12.0. The number of azide groups is 1. The molecule has 2 atom stereocenters. The van der Waals surface area contributed by atoms with Crippen LogP contribution >= 0.6 is 0 Å². The molecule has 2 N–H and O–H groups in total. The van der Waals surface area contributed by atoms with Crippen molar-refractivity contribution in [3.8, 4) is 6.07 Å². The van der Waals surface area contributed by atoms with Crippen LogP contribution < -0.4 is 0 Å². The van der Waals surface area contributed by atoms with Gasteiger partial charge >= 0.3 is 0 Å². The fraction of sp³-hybridized carbons (Fsp3) is 0.300. The molecule has 82 valence electrons. The SMILES string of the molecule is N#CCC(O)C(O)c1ccccc1N=[N+]=[N-]. The molecule has 0 aliphatic carbocycles. The van der Waals surface area contributed by atoms with Crippen LogP contribution in [0.1, 0.15) is 18.1 Å². The Balaban J connectivity index is 3.03. The molecule has 2 unspecified atom stereocenters. The highest BCUT2D eigenvalue weighted by atomic mass is 16.3. The molecule has 1 rings (SSSR count). The van der Waals surface area contributed by atoms with Crippen molar-refractivity contribution in [2.45, 2.75) is 18.6 Å². The van der Waals surface area contributed by atoms with Crippen LogP contribution in [0.15, 0.2) is 29.4 Å². The van der Waals surface area contributed by atoms with Gasteiger partial charge in [0.2, 0.25) is 0 Å². The van der Waals surface area contributed by atoms with Crippen molar-refractivity contribution in [2.24, 2.45) is 5.11 Å². The molecule has 1 aromatic rings. The van der Waals surface area contributed by atoms with Gasteiger partial charge in [-0.15, -0.1) is 0 Å². The van der Waals surface area contributed by atoms with Gasteiger partial charge in [-0.1, -0.05) is 29.4 Å². The summed E-state index contributed by atoms with van der Waals surface area (Å²) in [5.74, 6) is 0. The number of nitrogens with zero attached hydrogens (tertiary/aromatic N) is 4. The lowest BCUT2D eigenvalue weighted by Gasteiger charge is -2.17. The van der Waals surface area contributed by atoms with Crippen LogP contribution in [-0.4, -0.2) is 16.3 Å². The zero-order valence-corrected chi connectivity index (χ0v) is 8.35. The molecule has 0 aromatic heterocycles. The van der Waals surface area contributed by atoms with Gasteiger partial charge in [0.05, 0.1) is 18.6 Å². The summed E-state index contributed by atoms with van der Waals surface area (Å²) in [6, 6.07) is 8.11. The van der Waals surface area contributed by atoms with E-state index < -0.39 is 12.2 Å². The van der Waals surface area contributed by atoms with Gasteiger partial charge < -0.3 is 10.2 Å². The highest BCUT2D eigenvalue weighted by Crippen LogP contribution is 2.28. The van der Waals surface area contributed by atoms with Crippen molar-refractivity contribution in [2.75, 3.05) is 0 Å². The van der Waals surface area contributed by atoms with Crippen molar-refractivity contribution in [1.29, 1.82) is 5.26 Å². The lowest BCUT2D eigenvalue weighted by molar-refractivity contribution is 0.0220. The molecule has 0 spiro atoms. The Hall–Kier alpha value is -2.06. The average Bonchev–Trinajstić information content (AvgIpc) is 2.29. The van der Waals surface area contributed by atoms with Gasteiger partial charge in [-0.3, -0.25) is 0 Å². The standard InChI is InChI=1S/C10H10N4O2/c11-6-5-9(15)10(16)7-3-1-2-4-8(7)13-14-12/h1-4,9-10,15-16H,5H2. The van der Waals surface area contributed by atoms with E-state index in [1.807, 2.05) is 0 Å². The summed E-state index contributed by atoms with van der Waals surface area (Å²) >= 11 is 0. The molecule has 0 radical (unpaired) electrons. The molecular formula is C10H10N4O2. The fourth-order valence-electron chi connectivity index (χ4n) is 1.29. The Morgan fingerprint density at radius 3 is 2.75 bits per heavy atom. The second-order valence-corrected chi connectivity index (χ2v) is 3.12. The van der Waals surface area contributed by atoms with E-state index in [9.17, 15) is 10.2 Å². The third kappa shape index (κ3) is 2.72. The maximum atomic E-state index is 9.74. The maximum absolute atomic E-state index is 9.74. The number of rotatable bonds is 4. The molecule has 0 aliphatic rings. The zero-order chi connectivity index (χ0) is 12.0. The molecule has 0 amide bonds. The highest BCUT2D eigenvalue weighted by Gasteiger charge is 2.19. The Bertz CT molecular complexity index is 448. The number of hydrogen-bond donors (Lipinski definition) is 2. The number of aliphatic hydroxyl groups is 2. The largest absolute Gasteiger partial charge is 0.389 e. The van der Waals surface area contributed by atoms with Crippen LogP contribution in [-0.2, 0) is 0 Å². The Kier molecular flexibility index (Phi) is 4.30. The van der Waals surface area contributed by atoms with Crippen LogP contribution in [0, 0.1) is 11.3 Å². The van der Waals surface area contributed by atoms with Crippen LogP contribution in [0.5, 0.6) is 0 Å². The minimum atomic E-state index is -1.23. The van der Waals surface area contributed by atoms with Crippen molar-refractivity contribution in [3.05, 3.63) is 40.3 Å². The Morgan fingerprint density at radius 1 is 1.44 bits per heavy atom. The minimum Gasteiger partial charge on any atom is -0.389 e. The van der Waals surface area contributed by atoms with E-state index in [4.69, 9.17) is 10.8 Å². The lowest BCUT2D eigenvalue weighted by atomic mass is 10.0. The molecule has 0 saturated carbocycles. The molecule has 6 heteroatoms. The van der Waals surface area contributed by atoms with E-state index in [1.165, 1.54) is 12.1 Å². The van der Waals surface area contributed by atoms with E-state index in [0.717, 1.165) is 0 Å². The summed E-state index contributed by atoms with van der Waals surface area (Å²) < 4.78 is 0. The minimum absolute atomic E-state index is 0.189. The quantitative estimate of drug-likeness (QED) is 0.457. The normalized spacial score (nSPS) is 13.3. The first-order valence-electron chi connectivity index (χ1n) is 4.57.